The van der Waals surface area contributed by atoms with E-state index in [0.29, 0.717) is 19.6 Å². The number of carboxylic acids is 1. The summed E-state index contributed by atoms with van der Waals surface area (Å²) >= 11 is 0. The molecule has 1 aromatic heterocycles. The molecule has 4 rings (SSSR count). The van der Waals surface area contributed by atoms with Crippen LogP contribution in [0.4, 0.5) is 0 Å². The summed E-state index contributed by atoms with van der Waals surface area (Å²) in [7, 11) is 0. The number of aromatic nitrogens is 2. The maximum Gasteiger partial charge on any atom is 0.303 e. The van der Waals surface area contributed by atoms with Crippen molar-refractivity contribution in [2.75, 3.05) is 19.8 Å². The first kappa shape index (κ1) is 16.9. The third kappa shape index (κ3) is 3.83. The van der Waals surface area contributed by atoms with Crippen molar-refractivity contribution in [2.24, 2.45) is 0 Å². The number of carbonyl (C=O) groups is 1. The second-order valence-corrected chi connectivity index (χ2v) is 6.79. The Bertz CT molecular complexity index is 802. The van der Waals surface area contributed by atoms with Gasteiger partial charge in [0.2, 0.25) is 0 Å². The molecule has 0 bridgehead atoms. The van der Waals surface area contributed by atoms with Gasteiger partial charge in [0.1, 0.15) is 13.2 Å². The molecule has 0 amide bonds. The first-order chi connectivity index (χ1) is 12.7. The van der Waals surface area contributed by atoms with Crippen molar-refractivity contribution in [1.82, 2.24) is 14.7 Å². The number of aliphatic carboxylic acids is 1. The van der Waals surface area contributed by atoms with Crippen molar-refractivity contribution in [3.8, 4) is 11.5 Å². The highest BCUT2D eigenvalue weighted by atomic mass is 16.6. The highest BCUT2D eigenvalue weighted by Gasteiger charge is 2.18. The molecule has 2 aliphatic rings. The zero-order chi connectivity index (χ0) is 17.9. The fraction of sp³-hybridized carbons (Fsp3) is 0.474. The Morgan fingerprint density at radius 1 is 1.15 bits per heavy atom. The van der Waals surface area contributed by atoms with Gasteiger partial charge in [-0.1, -0.05) is 6.07 Å². The van der Waals surface area contributed by atoms with Crippen LogP contribution in [0.5, 0.6) is 11.5 Å². The molecule has 0 unspecified atom stereocenters. The highest BCUT2D eigenvalue weighted by molar-refractivity contribution is 5.66. The molecule has 7 heteroatoms. The van der Waals surface area contributed by atoms with E-state index in [1.165, 1.54) is 5.56 Å². The largest absolute Gasteiger partial charge is 0.486 e. The fourth-order valence-corrected chi connectivity index (χ4v) is 3.52. The molecule has 0 atom stereocenters. The standard InChI is InChI=1S/C19H23N3O4/c23-19(24)5-3-15-11-16-13-21(6-1-7-22(16)20-15)12-14-2-4-17-18(10-14)26-9-8-25-17/h2,4,10-11H,1,3,5-9,12-13H2,(H,23,24). The van der Waals surface area contributed by atoms with E-state index in [4.69, 9.17) is 14.6 Å². The minimum atomic E-state index is -0.784. The molecule has 1 aromatic carbocycles. The van der Waals surface area contributed by atoms with Crippen molar-refractivity contribution in [3.63, 3.8) is 0 Å². The van der Waals surface area contributed by atoms with Crippen LogP contribution in [0.2, 0.25) is 0 Å². The van der Waals surface area contributed by atoms with Crippen LogP contribution in [0.15, 0.2) is 24.3 Å². The second-order valence-electron chi connectivity index (χ2n) is 6.79. The first-order valence-corrected chi connectivity index (χ1v) is 9.06. The lowest BCUT2D eigenvalue weighted by Gasteiger charge is -2.22. The summed E-state index contributed by atoms with van der Waals surface area (Å²) in [4.78, 5) is 13.2. The lowest BCUT2D eigenvalue weighted by molar-refractivity contribution is -0.136. The monoisotopic (exact) mass is 357 g/mol. The van der Waals surface area contributed by atoms with E-state index in [2.05, 4.69) is 22.1 Å². The summed E-state index contributed by atoms with van der Waals surface area (Å²) in [6.07, 6.45) is 1.63. The van der Waals surface area contributed by atoms with Crippen LogP contribution in [0, 0.1) is 0 Å². The molecule has 0 saturated heterocycles. The van der Waals surface area contributed by atoms with Gasteiger partial charge in [-0.25, -0.2) is 0 Å². The van der Waals surface area contributed by atoms with Crippen LogP contribution >= 0.6 is 0 Å². The topological polar surface area (TPSA) is 76.8 Å². The summed E-state index contributed by atoms with van der Waals surface area (Å²) in [6, 6.07) is 8.18. The molecular weight excluding hydrogens is 334 g/mol. The van der Waals surface area contributed by atoms with Crippen molar-refractivity contribution in [1.29, 1.82) is 0 Å². The van der Waals surface area contributed by atoms with E-state index in [0.717, 1.165) is 55.5 Å². The van der Waals surface area contributed by atoms with Crippen LogP contribution in [0.1, 0.15) is 29.8 Å². The Hall–Kier alpha value is -2.54. The lowest BCUT2D eigenvalue weighted by Crippen LogP contribution is -2.23. The lowest BCUT2D eigenvalue weighted by atomic mass is 10.1. The first-order valence-electron chi connectivity index (χ1n) is 9.06. The predicted molar refractivity (Wildman–Crippen MR) is 94.3 cm³/mol. The molecule has 7 nitrogen and oxygen atoms in total. The minimum Gasteiger partial charge on any atom is -0.486 e. The average Bonchev–Trinajstić information content (AvgIpc) is 2.92. The van der Waals surface area contributed by atoms with Crippen LogP contribution in [0.3, 0.4) is 0 Å². The number of ether oxygens (including phenoxy) is 2. The maximum atomic E-state index is 10.8. The van der Waals surface area contributed by atoms with Gasteiger partial charge in [-0.15, -0.1) is 0 Å². The fourth-order valence-electron chi connectivity index (χ4n) is 3.52. The second kappa shape index (κ2) is 7.37. The normalized spacial score (nSPS) is 16.8. The van der Waals surface area contributed by atoms with Gasteiger partial charge < -0.3 is 14.6 Å². The van der Waals surface area contributed by atoms with E-state index < -0.39 is 5.97 Å². The van der Waals surface area contributed by atoms with E-state index >= 15 is 0 Å². The Morgan fingerprint density at radius 3 is 2.85 bits per heavy atom. The van der Waals surface area contributed by atoms with Crippen molar-refractivity contribution < 1.29 is 19.4 Å². The van der Waals surface area contributed by atoms with Crippen LogP contribution in [-0.4, -0.2) is 45.5 Å². The smallest absolute Gasteiger partial charge is 0.303 e. The van der Waals surface area contributed by atoms with Gasteiger partial charge in [0.25, 0.3) is 0 Å². The summed E-state index contributed by atoms with van der Waals surface area (Å²) in [6.45, 7) is 4.73. The molecule has 2 aromatic rings. The van der Waals surface area contributed by atoms with Gasteiger partial charge in [-0.2, -0.15) is 5.10 Å². The van der Waals surface area contributed by atoms with Crippen LogP contribution < -0.4 is 9.47 Å². The molecule has 0 aliphatic carbocycles. The Labute approximate surface area is 152 Å². The number of benzene rings is 1. The molecule has 0 spiro atoms. The number of rotatable bonds is 5. The molecule has 2 aliphatic heterocycles. The zero-order valence-electron chi connectivity index (χ0n) is 14.7. The average molecular weight is 357 g/mol. The van der Waals surface area contributed by atoms with Crippen molar-refractivity contribution in [3.05, 3.63) is 41.2 Å². The Morgan fingerprint density at radius 2 is 2.00 bits per heavy atom. The van der Waals surface area contributed by atoms with E-state index in [-0.39, 0.29) is 6.42 Å². The van der Waals surface area contributed by atoms with E-state index in [1.807, 2.05) is 16.8 Å². The van der Waals surface area contributed by atoms with Gasteiger partial charge >= 0.3 is 5.97 Å². The molecule has 1 N–H and O–H groups in total. The maximum absolute atomic E-state index is 10.8. The molecule has 0 radical (unpaired) electrons. The van der Waals surface area contributed by atoms with Gasteiger partial charge in [0.15, 0.2) is 11.5 Å². The van der Waals surface area contributed by atoms with E-state index in [1.54, 1.807) is 0 Å². The minimum absolute atomic E-state index is 0.122. The third-order valence-electron chi connectivity index (χ3n) is 4.75. The van der Waals surface area contributed by atoms with Crippen LogP contribution in [-0.2, 0) is 30.8 Å². The van der Waals surface area contributed by atoms with E-state index in [9.17, 15) is 4.79 Å². The predicted octanol–water partition coefficient (Wildman–Crippen LogP) is 2.08. The number of hydrogen-bond acceptors (Lipinski definition) is 5. The van der Waals surface area contributed by atoms with Crippen molar-refractivity contribution in [2.45, 2.75) is 38.9 Å². The van der Waals surface area contributed by atoms with Gasteiger partial charge in [0.05, 0.1) is 17.8 Å². The number of nitrogens with zero attached hydrogens (tertiary/aromatic N) is 3. The number of fused-ring (bicyclic) bond motifs is 2. The summed E-state index contributed by atoms with van der Waals surface area (Å²) in [5.41, 5.74) is 3.22. The number of aryl methyl sites for hydroxylation is 2. The zero-order valence-corrected chi connectivity index (χ0v) is 14.7. The van der Waals surface area contributed by atoms with Gasteiger partial charge in [0, 0.05) is 32.6 Å². The molecule has 0 saturated carbocycles. The summed E-state index contributed by atoms with van der Waals surface area (Å²) < 4.78 is 13.3. The van der Waals surface area contributed by atoms with Gasteiger partial charge in [-0.05, 0) is 30.2 Å². The summed E-state index contributed by atoms with van der Waals surface area (Å²) in [5, 5.41) is 13.4. The quantitative estimate of drug-likeness (QED) is 0.883. The molecule has 26 heavy (non-hydrogen) atoms. The molecule has 138 valence electrons. The third-order valence-corrected chi connectivity index (χ3v) is 4.75. The number of hydrogen-bond donors (Lipinski definition) is 1. The molecule has 0 fully saturated rings. The highest BCUT2D eigenvalue weighted by Crippen LogP contribution is 2.31. The SMILES string of the molecule is O=C(O)CCc1cc2n(n1)CCCN(Cc1ccc3c(c1)OCCO3)C2. The van der Waals surface area contributed by atoms with Crippen molar-refractivity contribution >= 4 is 5.97 Å². The Balaban J connectivity index is 1.44. The Kier molecular flexibility index (Phi) is 4.79. The molecule has 3 heterocycles. The van der Waals surface area contributed by atoms with Crippen LogP contribution in [0.25, 0.3) is 0 Å². The number of carboxylic acid groups (broad SMARTS) is 1. The summed E-state index contributed by atoms with van der Waals surface area (Å²) in [5.74, 6) is 0.856. The van der Waals surface area contributed by atoms with Gasteiger partial charge in [-0.3, -0.25) is 14.4 Å². The molecular formula is C19H23N3O4.